The fourth-order valence-electron chi connectivity index (χ4n) is 3.09. The molecule has 0 saturated carbocycles. The number of nitrogens with zero attached hydrogens (tertiary/aromatic N) is 1. The molecule has 0 saturated heterocycles. The van der Waals surface area contributed by atoms with Gasteiger partial charge in [-0.25, -0.2) is 0 Å². The molecule has 0 atom stereocenters. The van der Waals surface area contributed by atoms with E-state index >= 15 is 0 Å². The Hall–Kier alpha value is -2.50. The summed E-state index contributed by atoms with van der Waals surface area (Å²) in [4.78, 5) is 27.2. The fraction of sp³-hybridized carbons (Fsp3) is 0.273. The largest absolute Gasteiger partial charge is 0.491 e. The second-order valence-electron chi connectivity index (χ2n) is 6.95. The van der Waals surface area contributed by atoms with Gasteiger partial charge in [0.15, 0.2) is 0 Å². The number of imide groups is 1. The molecular formula is C22H22Cl2N2O3. The number of amides is 2. The number of rotatable bonds is 7. The molecule has 1 N–H and O–H groups in total. The van der Waals surface area contributed by atoms with Crippen LogP contribution in [0.2, 0.25) is 10.0 Å². The first-order valence-corrected chi connectivity index (χ1v) is 10.2. The Morgan fingerprint density at radius 2 is 1.72 bits per heavy atom. The summed E-state index contributed by atoms with van der Waals surface area (Å²) in [6.07, 6.45) is 0.722. The Kier molecular flexibility index (Phi) is 6.50. The lowest BCUT2D eigenvalue weighted by Gasteiger charge is -2.14. The van der Waals surface area contributed by atoms with E-state index in [-0.39, 0.29) is 29.2 Å². The molecule has 0 unspecified atom stereocenters. The lowest BCUT2D eigenvalue weighted by atomic mass is 10.0. The first-order chi connectivity index (χ1) is 13.8. The van der Waals surface area contributed by atoms with Crippen LogP contribution in [0.4, 0.5) is 5.69 Å². The molecule has 0 aromatic heterocycles. The van der Waals surface area contributed by atoms with E-state index in [1.54, 1.807) is 30.3 Å². The molecule has 1 heterocycles. The molecule has 0 radical (unpaired) electrons. The van der Waals surface area contributed by atoms with Crippen LogP contribution in [-0.4, -0.2) is 29.4 Å². The van der Waals surface area contributed by atoms with Gasteiger partial charge in [-0.05, 0) is 56.7 Å². The number of benzene rings is 2. The van der Waals surface area contributed by atoms with Gasteiger partial charge in [-0.1, -0.05) is 36.2 Å². The lowest BCUT2D eigenvalue weighted by Crippen LogP contribution is -2.33. The van der Waals surface area contributed by atoms with E-state index in [2.05, 4.69) is 5.32 Å². The zero-order chi connectivity index (χ0) is 21.1. The van der Waals surface area contributed by atoms with Crippen LogP contribution in [0.5, 0.6) is 5.75 Å². The molecule has 0 bridgehead atoms. The number of halogens is 2. The summed E-state index contributed by atoms with van der Waals surface area (Å²) in [5.41, 5.74) is 1.58. The van der Waals surface area contributed by atoms with Gasteiger partial charge < -0.3 is 10.1 Å². The summed E-state index contributed by atoms with van der Waals surface area (Å²) in [6.45, 7) is 6.14. The first-order valence-electron chi connectivity index (χ1n) is 9.41. The van der Waals surface area contributed by atoms with E-state index in [0.717, 1.165) is 5.75 Å². The molecule has 152 valence electrons. The second kappa shape index (κ2) is 8.89. The Morgan fingerprint density at radius 1 is 1.03 bits per heavy atom. The second-order valence-corrected chi connectivity index (χ2v) is 7.80. The van der Waals surface area contributed by atoms with Crippen molar-refractivity contribution in [2.75, 3.05) is 11.9 Å². The van der Waals surface area contributed by atoms with Crippen LogP contribution in [0, 0.1) is 0 Å². The molecule has 2 amide bonds. The third kappa shape index (κ3) is 4.57. The quantitative estimate of drug-likeness (QED) is 0.596. The minimum atomic E-state index is -0.375. The van der Waals surface area contributed by atoms with Crippen LogP contribution in [0.25, 0.3) is 5.57 Å². The highest BCUT2D eigenvalue weighted by molar-refractivity contribution is 6.41. The minimum Gasteiger partial charge on any atom is -0.491 e. The molecule has 2 aromatic rings. The van der Waals surface area contributed by atoms with Gasteiger partial charge in [0.2, 0.25) is 0 Å². The summed E-state index contributed by atoms with van der Waals surface area (Å²) < 4.78 is 5.64. The number of anilines is 1. The van der Waals surface area contributed by atoms with Crippen molar-refractivity contribution in [1.29, 1.82) is 0 Å². The molecule has 0 aliphatic carbocycles. The standard InChI is InChI=1S/C22H22Cl2N2O3/c1-4-11-26-21(27)19(17-10-5-14(23)12-18(17)24)20(22(26)28)25-15-6-8-16(9-7-15)29-13(2)3/h5-10,12-13,25H,4,11H2,1-3H3. The molecule has 7 heteroatoms. The Labute approximate surface area is 180 Å². The van der Waals surface area contributed by atoms with Gasteiger partial charge in [0, 0.05) is 22.8 Å². The van der Waals surface area contributed by atoms with E-state index < -0.39 is 0 Å². The third-order valence-electron chi connectivity index (χ3n) is 4.31. The van der Waals surface area contributed by atoms with Gasteiger partial charge in [0.1, 0.15) is 11.4 Å². The third-order valence-corrected chi connectivity index (χ3v) is 4.86. The van der Waals surface area contributed by atoms with E-state index in [9.17, 15) is 9.59 Å². The summed E-state index contributed by atoms with van der Waals surface area (Å²) >= 11 is 12.3. The van der Waals surface area contributed by atoms with Crippen LogP contribution >= 0.6 is 23.2 Å². The van der Waals surface area contributed by atoms with Crippen molar-refractivity contribution in [3.8, 4) is 5.75 Å². The molecular weight excluding hydrogens is 411 g/mol. The predicted octanol–water partition coefficient (Wildman–Crippen LogP) is 5.38. The molecule has 3 rings (SSSR count). The van der Waals surface area contributed by atoms with Gasteiger partial charge in [-0.15, -0.1) is 0 Å². The van der Waals surface area contributed by atoms with Crippen molar-refractivity contribution in [3.05, 3.63) is 63.8 Å². The van der Waals surface area contributed by atoms with Crippen molar-refractivity contribution in [2.24, 2.45) is 0 Å². The fourth-order valence-corrected chi connectivity index (χ4v) is 3.60. The highest BCUT2D eigenvalue weighted by atomic mass is 35.5. The van der Waals surface area contributed by atoms with E-state index in [4.69, 9.17) is 27.9 Å². The zero-order valence-electron chi connectivity index (χ0n) is 16.5. The topological polar surface area (TPSA) is 58.6 Å². The van der Waals surface area contributed by atoms with E-state index in [1.165, 1.54) is 4.90 Å². The molecule has 0 spiro atoms. The van der Waals surface area contributed by atoms with Crippen LogP contribution in [-0.2, 0) is 9.59 Å². The normalized spacial score (nSPS) is 14.2. The highest BCUT2D eigenvalue weighted by Crippen LogP contribution is 2.35. The monoisotopic (exact) mass is 432 g/mol. The molecule has 5 nitrogen and oxygen atoms in total. The average Bonchev–Trinajstić information content (AvgIpc) is 2.88. The van der Waals surface area contributed by atoms with Gasteiger partial charge >= 0.3 is 0 Å². The Morgan fingerprint density at radius 3 is 2.31 bits per heavy atom. The number of ether oxygens (including phenoxy) is 1. The lowest BCUT2D eigenvalue weighted by molar-refractivity contribution is -0.136. The minimum absolute atomic E-state index is 0.0619. The molecule has 2 aromatic carbocycles. The van der Waals surface area contributed by atoms with Crippen LogP contribution in [0.15, 0.2) is 48.2 Å². The maximum atomic E-state index is 13.0. The number of carbonyl (C=O) groups excluding carboxylic acids is 2. The van der Waals surface area contributed by atoms with Crippen molar-refractivity contribution in [1.82, 2.24) is 4.90 Å². The smallest absolute Gasteiger partial charge is 0.278 e. The summed E-state index contributed by atoms with van der Waals surface area (Å²) in [5.74, 6) is -0.0226. The van der Waals surface area contributed by atoms with E-state index in [0.29, 0.717) is 34.3 Å². The first kappa shape index (κ1) is 21.2. The summed E-state index contributed by atoms with van der Waals surface area (Å²) in [6, 6.07) is 12.1. The van der Waals surface area contributed by atoms with Gasteiger partial charge in [-0.2, -0.15) is 0 Å². The number of hydrogen-bond acceptors (Lipinski definition) is 4. The van der Waals surface area contributed by atoms with E-state index in [1.807, 2.05) is 32.9 Å². The van der Waals surface area contributed by atoms with Crippen molar-refractivity contribution in [3.63, 3.8) is 0 Å². The molecule has 1 aliphatic rings. The maximum Gasteiger partial charge on any atom is 0.278 e. The van der Waals surface area contributed by atoms with Crippen LogP contribution < -0.4 is 10.1 Å². The van der Waals surface area contributed by atoms with Crippen molar-refractivity contribution < 1.29 is 14.3 Å². The van der Waals surface area contributed by atoms with Crippen molar-refractivity contribution >= 4 is 46.3 Å². The van der Waals surface area contributed by atoms with Gasteiger partial charge in [-0.3, -0.25) is 14.5 Å². The van der Waals surface area contributed by atoms with Crippen molar-refractivity contribution in [2.45, 2.75) is 33.3 Å². The predicted molar refractivity (Wildman–Crippen MR) is 116 cm³/mol. The molecule has 0 fully saturated rings. The highest BCUT2D eigenvalue weighted by Gasteiger charge is 2.39. The number of carbonyl (C=O) groups is 2. The maximum absolute atomic E-state index is 13.0. The van der Waals surface area contributed by atoms with Crippen LogP contribution in [0.3, 0.4) is 0 Å². The Balaban J connectivity index is 2.01. The van der Waals surface area contributed by atoms with Gasteiger partial charge in [0.25, 0.3) is 11.8 Å². The SMILES string of the molecule is CCCN1C(=O)C(Nc2ccc(OC(C)C)cc2)=C(c2ccc(Cl)cc2Cl)C1=O. The summed E-state index contributed by atoms with van der Waals surface area (Å²) in [5, 5.41) is 3.87. The molecule has 29 heavy (non-hydrogen) atoms. The van der Waals surface area contributed by atoms with Gasteiger partial charge in [0.05, 0.1) is 16.7 Å². The Bertz CT molecular complexity index is 969. The van der Waals surface area contributed by atoms with Crippen LogP contribution in [0.1, 0.15) is 32.8 Å². The summed E-state index contributed by atoms with van der Waals surface area (Å²) in [7, 11) is 0. The molecule has 1 aliphatic heterocycles. The zero-order valence-corrected chi connectivity index (χ0v) is 18.0. The number of hydrogen-bond donors (Lipinski definition) is 1. The number of nitrogens with one attached hydrogen (secondary N) is 1. The average molecular weight is 433 g/mol.